The van der Waals surface area contributed by atoms with Crippen LogP contribution in [-0.4, -0.2) is 62.7 Å². The second-order valence-electron chi connectivity index (χ2n) is 8.10. The molecule has 2 amide bonds. The number of benzene rings is 2. The molecule has 0 aromatic heterocycles. The molecular formula is C24H33BrN4O4S. The summed E-state index contributed by atoms with van der Waals surface area (Å²) in [7, 11) is -1.12. The first-order chi connectivity index (χ1) is 16.1. The van der Waals surface area contributed by atoms with Crippen LogP contribution in [0.5, 0.6) is 0 Å². The number of carbonyl (C=O) groups excluding carboxylic acids is 2. The Morgan fingerprint density at radius 1 is 1.03 bits per heavy atom. The normalized spacial score (nSPS) is 12.3. The Bertz CT molecular complexity index is 1050. The highest BCUT2D eigenvalue weighted by molar-refractivity contribution is 9.10. The van der Waals surface area contributed by atoms with E-state index in [4.69, 9.17) is 0 Å². The van der Waals surface area contributed by atoms with Crippen molar-refractivity contribution in [3.8, 4) is 0 Å². The fourth-order valence-electron chi connectivity index (χ4n) is 3.22. The highest BCUT2D eigenvalue weighted by atomic mass is 79.9. The van der Waals surface area contributed by atoms with Gasteiger partial charge in [0.25, 0.3) is 0 Å². The van der Waals surface area contributed by atoms with Crippen LogP contribution in [0.1, 0.15) is 32.3 Å². The van der Waals surface area contributed by atoms with Gasteiger partial charge in [-0.3, -0.25) is 9.59 Å². The molecule has 0 unspecified atom stereocenters. The van der Waals surface area contributed by atoms with Crippen molar-refractivity contribution in [2.45, 2.75) is 39.3 Å². The Hall–Kier alpha value is -2.43. The van der Waals surface area contributed by atoms with Gasteiger partial charge >= 0.3 is 10.2 Å². The number of para-hydroxylation sites is 1. The van der Waals surface area contributed by atoms with Crippen LogP contribution in [0.25, 0.3) is 0 Å². The van der Waals surface area contributed by atoms with Crippen LogP contribution in [-0.2, 0) is 26.3 Å². The number of hydrogen-bond acceptors (Lipinski definition) is 4. The zero-order valence-corrected chi connectivity index (χ0v) is 22.5. The lowest BCUT2D eigenvalue weighted by Gasteiger charge is -2.32. The summed E-state index contributed by atoms with van der Waals surface area (Å²) in [4.78, 5) is 27.8. The molecule has 0 heterocycles. The topological polar surface area (TPSA) is 90.0 Å². The molecule has 0 fully saturated rings. The van der Waals surface area contributed by atoms with Crippen molar-refractivity contribution in [3.05, 3.63) is 64.6 Å². The van der Waals surface area contributed by atoms with Crippen molar-refractivity contribution in [2.75, 3.05) is 31.5 Å². The standard InChI is InChI=1S/C24H33BrN4O4S/c1-5-6-16-26-24(31)19(2)28(17-20-12-14-21(25)15-13-20)23(30)18-29(34(32,33)27(3)4)22-10-8-7-9-11-22/h7-15,19H,5-6,16-18H2,1-4H3,(H,26,31)/t19-/m0/s1. The van der Waals surface area contributed by atoms with Gasteiger partial charge in [0.2, 0.25) is 11.8 Å². The first kappa shape index (κ1) is 27.8. The summed E-state index contributed by atoms with van der Waals surface area (Å²) in [6.45, 7) is 3.94. The summed E-state index contributed by atoms with van der Waals surface area (Å²) in [5.41, 5.74) is 1.19. The molecule has 0 aliphatic heterocycles. The zero-order chi connectivity index (χ0) is 25.3. The van der Waals surface area contributed by atoms with Gasteiger partial charge in [-0.05, 0) is 43.2 Å². The summed E-state index contributed by atoms with van der Waals surface area (Å²) in [6, 6.07) is 15.1. The van der Waals surface area contributed by atoms with Crippen molar-refractivity contribution in [2.24, 2.45) is 0 Å². The maximum atomic E-state index is 13.6. The molecule has 1 N–H and O–H groups in total. The lowest BCUT2D eigenvalue weighted by atomic mass is 10.1. The third kappa shape index (κ3) is 7.54. The quantitative estimate of drug-likeness (QED) is 0.408. The molecule has 0 spiro atoms. The Morgan fingerprint density at radius 2 is 1.65 bits per heavy atom. The highest BCUT2D eigenvalue weighted by Crippen LogP contribution is 2.21. The lowest BCUT2D eigenvalue weighted by Crippen LogP contribution is -2.52. The average Bonchev–Trinajstić information content (AvgIpc) is 2.82. The van der Waals surface area contributed by atoms with E-state index < -0.39 is 28.7 Å². The van der Waals surface area contributed by atoms with Gasteiger partial charge in [0.15, 0.2) is 0 Å². The van der Waals surface area contributed by atoms with Crippen LogP contribution >= 0.6 is 15.9 Å². The predicted molar refractivity (Wildman–Crippen MR) is 138 cm³/mol. The minimum Gasteiger partial charge on any atom is -0.354 e. The molecule has 0 saturated carbocycles. The number of nitrogens with zero attached hydrogens (tertiary/aromatic N) is 3. The SMILES string of the molecule is CCCCNC(=O)[C@H](C)N(Cc1ccc(Br)cc1)C(=O)CN(c1ccccc1)S(=O)(=O)N(C)C. The van der Waals surface area contributed by atoms with Crippen molar-refractivity contribution in [1.82, 2.24) is 14.5 Å². The van der Waals surface area contributed by atoms with Crippen molar-refractivity contribution in [3.63, 3.8) is 0 Å². The number of halogens is 1. The van der Waals surface area contributed by atoms with Crippen molar-refractivity contribution in [1.29, 1.82) is 0 Å². The van der Waals surface area contributed by atoms with Crippen LogP contribution in [0, 0.1) is 0 Å². The number of amides is 2. The van der Waals surface area contributed by atoms with Gasteiger partial charge in [-0.1, -0.05) is 59.6 Å². The van der Waals surface area contributed by atoms with Gasteiger partial charge in [-0.25, -0.2) is 4.31 Å². The van der Waals surface area contributed by atoms with Gasteiger partial charge in [-0.2, -0.15) is 12.7 Å². The molecule has 0 aliphatic rings. The molecule has 2 aromatic rings. The fourth-order valence-corrected chi connectivity index (χ4v) is 4.54. The predicted octanol–water partition coefficient (Wildman–Crippen LogP) is 3.40. The summed E-state index contributed by atoms with van der Waals surface area (Å²) >= 11 is 3.40. The van der Waals surface area contributed by atoms with Gasteiger partial charge in [0, 0.05) is 31.7 Å². The van der Waals surface area contributed by atoms with E-state index >= 15 is 0 Å². The Labute approximate surface area is 211 Å². The number of unbranched alkanes of at least 4 members (excludes halogenated alkanes) is 1. The number of nitrogens with one attached hydrogen (secondary N) is 1. The lowest BCUT2D eigenvalue weighted by molar-refractivity contribution is -0.139. The zero-order valence-electron chi connectivity index (χ0n) is 20.1. The van der Waals surface area contributed by atoms with E-state index in [1.165, 1.54) is 19.0 Å². The van der Waals surface area contributed by atoms with Crippen LogP contribution < -0.4 is 9.62 Å². The molecule has 2 aromatic carbocycles. The van der Waals surface area contributed by atoms with Crippen molar-refractivity contribution >= 4 is 43.6 Å². The molecule has 186 valence electrons. The van der Waals surface area contributed by atoms with Crippen molar-refractivity contribution < 1.29 is 18.0 Å². The second kappa shape index (κ2) is 12.9. The minimum atomic E-state index is -3.95. The van der Waals surface area contributed by atoms with Gasteiger partial charge in [0.05, 0.1) is 5.69 Å². The number of hydrogen-bond donors (Lipinski definition) is 1. The molecule has 0 bridgehead atoms. The maximum absolute atomic E-state index is 13.6. The number of carbonyl (C=O) groups is 2. The van der Waals surface area contributed by atoms with E-state index in [9.17, 15) is 18.0 Å². The smallest absolute Gasteiger partial charge is 0.304 e. The van der Waals surface area contributed by atoms with Gasteiger partial charge in [0.1, 0.15) is 12.6 Å². The Morgan fingerprint density at radius 3 is 2.21 bits per heavy atom. The Balaban J connectivity index is 2.37. The van der Waals surface area contributed by atoms with E-state index in [-0.39, 0.29) is 12.5 Å². The molecule has 1 atom stereocenters. The van der Waals surface area contributed by atoms with E-state index in [0.29, 0.717) is 12.2 Å². The monoisotopic (exact) mass is 552 g/mol. The van der Waals surface area contributed by atoms with E-state index in [1.807, 2.05) is 31.2 Å². The van der Waals surface area contributed by atoms with E-state index in [0.717, 1.165) is 31.5 Å². The maximum Gasteiger partial charge on any atom is 0.304 e. The van der Waals surface area contributed by atoms with Crippen LogP contribution in [0.2, 0.25) is 0 Å². The molecule has 0 saturated heterocycles. The Kier molecular flexibility index (Phi) is 10.5. The third-order valence-electron chi connectivity index (χ3n) is 5.33. The molecular weight excluding hydrogens is 520 g/mol. The van der Waals surface area contributed by atoms with Gasteiger partial charge in [-0.15, -0.1) is 0 Å². The van der Waals surface area contributed by atoms with E-state index in [1.54, 1.807) is 37.3 Å². The summed E-state index contributed by atoms with van der Waals surface area (Å²) in [5.74, 6) is -0.754. The summed E-state index contributed by atoms with van der Waals surface area (Å²) in [5, 5.41) is 2.87. The summed E-state index contributed by atoms with van der Waals surface area (Å²) < 4.78 is 29.1. The van der Waals surface area contributed by atoms with Crippen LogP contribution in [0.3, 0.4) is 0 Å². The molecule has 8 nitrogen and oxygen atoms in total. The molecule has 10 heteroatoms. The number of rotatable bonds is 12. The van der Waals surface area contributed by atoms with E-state index in [2.05, 4.69) is 21.2 Å². The minimum absolute atomic E-state index is 0.166. The first-order valence-corrected chi connectivity index (χ1v) is 13.3. The average molecular weight is 554 g/mol. The molecule has 0 radical (unpaired) electrons. The highest BCUT2D eigenvalue weighted by Gasteiger charge is 2.32. The molecule has 0 aliphatic carbocycles. The largest absolute Gasteiger partial charge is 0.354 e. The molecule has 34 heavy (non-hydrogen) atoms. The third-order valence-corrected chi connectivity index (χ3v) is 7.67. The van der Waals surface area contributed by atoms with Crippen LogP contribution in [0.4, 0.5) is 5.69 Å². The van der Waals surface area contributed by atoms with Gasteiger partial charge < -0.3 is 10.2 Å². The first-order valence-electron chi connectivity index (χ1n) is 11.1. The summed E-state index contributed by atoms with van der Waals surface area (Å²) in [6.07, 6.45) is 1.77. The molecule has 2 rings (SSSR count). The fraction of sp³-hybridized carbons (Fsp3) is 0.417. The second-order valence-corrected chi connectivity index (χ2v) is 11.1. The van der Waals surface area contributed by atoms with Crippen LogP contribution in [0.15, 0.2) is 59.1 Å². The number of anilines is 1.